The van der Waals surface area contributed by atoms with Gasteiger partial charge in [0, 0.05) is 42.9 Å². The minimum atomic E-state index is -0.296. The molecule has 3 amide bonds. The molecule has 0 unspecified atom stereocenters. The number of nitrogens with one attached hydrogen (secondary N) is 1. The van der Waals surface area contributed by atoms with Gasteiger partial charge in [0.25, 0.3) is 0 Å². The molecule has 3 aromatic rings. The lowest BCUT2D eigenvalue weighted by molar-refractivity contribution is -0.133. The van der Waals surface area contributed by atoms with Gasteiger partial charge >= 0.3 is 6.03 Å². The zero-order valence-electron chi connectivity index (χ0n) is 20.9. The average molecular weight is 570 g/mol. The molecular formula is C28H33BrN4O4. The van der Waals surface area contributed by atoms with Gasteiger partial charge in [0.15, 0.2) is 0 Å². The number of furan rings is 1. The van der Waals surface area contributed by atoms with Gasteiger partial charge in [-0.1, -0.05) is 46.3 Å². The number of rotatable bonds is 11. The highest BCUT2D eigenvalue weighted by Gasteiger charge is 2.23. The average Bonchev–Trinajstić information content (AvgIpc) is 3.43. The summed E-state index contributed by atoms with van der Waals surface area (Å²) < 4.78 is 11.9. The summed E-state index contributed by atoms with van der Waals surface area (Å²) >= 11 is 3.42. The minimum absolute atomic E-state index is 0.0288. The third-order valence-corrected chi connectivity index (χ3v) is 6.74. The van der Waals surface area contributed by atoms with Crippen molar-refractivity contribution in [1.29, 1.82) is 0 Å². The number of carbonyl (C=O) groups excluding carboxylic acids is 2. The molecule has 0 spiro atoms. The van der Waals surface area contributed by atoms with Crippen LogP contribution in [0.4, 0.5) is 10.5 Å². The topological polar surface area (TPSA) is 78.3 Å². The van der Waals surface area contributed by atoms with Gasteiger partial charge in [-0.15, -0.1) is 0 Å². The summed E-state index contributed by atoms with van der Waals surface area (Å²) in [5.41, 5.74) is 1.69. The molecule has 1 aliphatic heterocycles. The zero-order valence-corrected chi connectivity index (χ0v) is 22.4. The van der Waals surface area contributed by atoms with E-state index in [1.807, 2.05) is 66.7 Å². The number of carbonyl (C=O) groups is 2. The molecule has 1 N–H and O–H groups in total. The fraction of sp³-hybridized carbons (Fsp3) is 0.357. The van der Waals surface area contributed by atoms with Gasteiger partial charge in [0.1, 0.15) is 12.3 Å². The van der Waals surface area contributed by atoms with E-state index in [-0.39, 0.29) is 18.5 Å². The maximum absolute atomic E-state index is 13.6. The van der Waals surface area contributed by atoms with Crippen LogP contribution in [0.1, 0.15) is 17.7 Å². The van der Waals surface area contributed by atoms with Crippen molar-refractivity contribution in [3.05, 3.63) is 88.8 Å². The van der Waals surface area contributed by atoms with Crippen molar-refractivity contribution in [2.45, 2.75) is 19.5 Å². The molecule has 0 radical (unpaired) electrons. The molecular weight excluding hydrogens is 536 g/mol. The van der Waals surface area contributed by atoms with Crippen LogP contribution in [-0.4, -0.2) is 72.6 Å². The number of ether oxygens (including phenoxy) is 1. The van der Waals surface area contributed by atoms with Crippen molar-refractivity contribution in [2.24, 2.45) is 0 Å². The first kappa shape index (κ1) is 26.9. The molecule has 4 rings (SSSR count). The van der Waals surface area contributed by atoms with Crippen molar-refractivity contribution >= 4 is 33.6 Å². The Bertz CT molecular complexity index is 1100. The molecule has 2 aromatic carbocycles. The Labute approximate surface area is 226 Å². The molecule has 196 valence electrons. The lowest BCUT2D eigenvalue weighted by Gasteiger charge is -2.30. The van der Waals surface area contributed by atoms with Crippen molar-refractivity contribution in [2.75, 3.05) is 51.3 Å². The van der Waals surface area contributed by atoms with Gasteiger partial charge < -0.3 is 24.3 Å². The van der Waals surface area contributed by atoms with Crippen LogP contribution in [0.2, 0.25) is 0 Å². The third kappa shape index (κ3) is 8.73. The van der Waals surface area contributed by atoms with E-state index in [4.69, 9.17) is 9.15 Å². The summed E-state index contributed by atoms with van der Waals surface area (Å²) in [6.45, 7) is 5.27. The van der Waals surface area contributed by atoms with Crippen LogP contribution < -0.4 is 5.32 Å². The maximum Gasteiger partial charge on any atom is 0.322 e. The van der Waals surface area contributed by atoms with Crippen molar-refractivity contribution in [3.8, 4) is 0 Å². The molecule has 1 aromatic heterocycles. The van der Waals surface area contributed by atoms with Crippen LogP contribution in [-0.2, 0) is 22.6 Å². The summed E-state index contributed by atoms with van der Waals surface area (Å²) in [5.74, 6) is 0.556. The summed E-state index contributed by atoms with van der Waals surface area (Å²) in [6.07, 6.45) is 2.36. The fourth-order valence-corrected chi connectivity index (χ4v) is 4.45. The summed E-state index contributed by atoms with van der Waals surface area (Å²) in [4.78, 5) is 32.5. The van der Waals surface area contributed by atoms with E-state index in [2.05, 4.69) is 26.1 Å². The number of hydrogen-bond donors (Lipinski definition) is 1. The number of nitrogens with zero attached hydrogens (tertiary/aromatic N) is 3. The SMILES string of the molecule is O=C(CN(CCCN1CCOCC1)C(=O)Nc1ccc(Br)cc1)N(Cc1ccccc1)Cc1ccco1. The summed E-state index contributed by atoms with van der Waals surface area (Å²) in [6, 6.07) is 20.6. The van der Waals surface area contributed by atoms with Gasteiger partial charge in [0.05, 0.1) is 26.0 Å². The predicted octanol–water partition coefficient (Wildman–Crippen LogP) is 4.83. The van der Waals surface area contributed by atoms with Crippen LogP contribution >= 0.6 is 15.9 Å². The smallest absolute Gasteiger partial charge is 0.322 e. The number of anilines is 1. The highest BCUT2D eigenvalue weighted by atomic mass is 79.9. The first-order valence-corrected chi connectivity index (χ1v) is 13.3. The molecule has 37 heavy (non-hydrogen) atoms. The Kier molecular flexibility index (Phi) is 10.2. The maximum atomic E-state index is 13.6. The molecule has 1 fully saturated rings. The number of urea groups is 1. The van der Waals surface area contributed by atoms with E-state index in [0.29, 0.717) is 31.1 Å². The zero-order chi connectivity index (χ0) is 25.9. The van der Waals surface area contributed by atoms with Crippen LogP contribution in [0, 0.1) is 0 Å². The van der Waals surface area contributed by atoms with Gasteiger partial charge in [0.2, 0.25) is 5.91 Å². The van der Waals surface area contributed by atoms with E-state index < -0.39 is 0 Å². The van der Waals surface area contributed by atoms with E-state index in [1.165, 1.54) is 0 Å². The largest absolute Gasteiger partial charge is 0.467 e. The summed E-state index contributed by atoms with van der Waals surface area (Å²) in [7, 11) is 0. The molecule has 1 saturated heterocycles. The van der Waals surface area contributed by atoms with Crippen molar-refractivity contribution in [3.63, 3.8) is 0 Å². The van der Waals surface area contributed by atoms with Crippen LogP contribution in [0.15, 0.2) is 81.9 Å². The first-order chi connectivity index (χ1) is 18.1. The second-order valence-corrected chi connectivity index (χ2v) is 9.90. The van der Waals surface area contributed by atoms with E-state index in [1.54, 1.807) is 16.1 Å². The highest BCUT2D eigenvalue weighted by molar-refractivity contribution is 9.10. The molecule has 0 saturated carbocycles. The Hall–Kier alpha value is -3.14. The standard InChI is InChI=1S/C28H33BrN4O4/c29-24-9-11-25(12-10-24)30-28(35)32(14-5-13-31-15-18-36-19-16-31)22-27(34)33(21-26-8-4-17-37-26)20-23-6-2-1-3-7-23/h1-4,6-12,17H,5,13-16,18-22H2,(H,30,35). The molecule has 0 atom stereocenters. The monoisotopic (exact) mass is 568 g/mol. The lowest BCUT2D eigenvalue weighted by atomic mass is 10.2. The van der Waals surface area contributed by atoms with Crippen molar-refractivity contribution < 1.29 is 18.7 Å². The number of benzene rings is 2. The van der Waals surface area contributed by atoms with Crippen LogP contribution in [0.25, 0.3) is 0 Å². The molecule has 2 heterocycles. The molecule has 8 nitrogen and oxygen atoms in total. The molecule has 9 heteroatoms. The second-order valence-electron chi connectivity index (χ2n) is 8.98. The quantitative estimate of drug-likeness (QED) is 0.358. The molecule has 0 aliphatic carbocycles. The Morgan fingerprint density at radius 3 is 2.38 bits per heavy atom. The van der Waals surface area contributed by atoms with Gasteiger partial charge in [-0.05, 0) is 48.4 Å². The molecule has 0 bridgehead atoms. The number of hydrogen-bond acceptors (Lipinski definition) is 5. The Balaban J connectivity index is 1.45. The first-order valence-electron chi connectivity index (χ1n) is 12.5. The van der Waals surface area contributed by atoms with Crippen LogP contribution in [0.3, 0.4) is 0 Å². The highest BCUT2D eigenvalue weighted by Crippen LogP contribution is 2.16. The van der Waals surface area contributed by atoms with Gasteiger partial charge in [-0.2, -0.15) is 0 Å². The number of amides is 3. The van der Waals surface area contributed by atoms with E-state index >= 15 is 0 Å². The summed E-state index contributed by atoms with van der Waals surface area (Å²) in [5, 5.41) is 2.94. The fourth-order valence-electron chi connectivity index (χ4n) is 4.19. The van der Waals surface area contributed by atoms with Gasteiger partial charge in [-0.25, -0.2) is 4.79 Å². The Morgan fingerprint density at radius 1 is 0.919 bits per heavy atom. The van der Waals surface area contributed by atoms with E-state index in [9.17, 15) is 9.59 Å². The Morgan fingerprint density at radius 2 is 1.68 bits per heavy atom. The normalized spacial score (nSPS) is 13.8. The number of halogens is 1. The molecule has 1 aliphatic rings. The minimum Gasteiger partial charge on any atom is -0.467 e. The van der Waals surface area contributed by atoms with E-state index in [0.717, 1.165) is 49.3 Å². The van der Waals surface area contributed by atoms with Gasteiger partial charge in [-0.3, -0.25) is 9.69 Å². The van der Waals surface area contributed by atoms with Crippen LogP contribution in [0.5, 0.6) is 0 Å². The number of morpholine rings is 1. The lowest BCUT2D eigenvalue weighted by Crippen LogP contribution is -2.45. The predicted molar refractivity (Wildman–Crippen MR) is 146 cm³/mol. The third-order valence-electron chi connectivity index (χ3n) is 6.21. The second kappa shape index (κ2) is 14.0. The van der Waals surface area contributed by atoms with Crippen molar-refractivity contribution in [1.82, 2.24) is 14.7 Å².